The summed E-state index contributed by atoms with van der Waals surface area (Å²) in [7, 11) is -3.71. The molecule has 1 aliphatic heterocycles. The Bertz CT molecular complexity index is 644. The molecule has 0 saturated heterocycles. The average Bonchev–Trinajstić information content (AvgIpc) is 2.45. The molecule has 0 aliphatic carbocycles. The summed E-state index contributed by atoms with van der Waals surface area (Å²) < 4.78 is 31.4. The van der Waals surface area contributed by atoms with Gasteiger partial charge in [-0.1, -0.05) is 6.92 Å². The number of carbonyl (C=O) groups is 1. The summed E-state index contributed by atoms with van der Waals surface area (Å²) in [6.45, 7) is 3.33. The Morgan fingerprint density at radius 2 is 2.14 bits per heavy atom. The normalized spacial score (nSPS) is 18.1. The number of anilines is 1. The molecule has 1 unspecified atom stereocenters. The number of likely N-dealkylation sites (N-methyl/N-ethyl adjacent to an activating group) is 1. The number of ether oxygens (including phenoxy) is 1. The van der Waals surface area contributed by atoms with Crippen LogP contribution in [0.15, 0.2) is 23.1 Å². The third kappa shape index (κ3) is 3.02. The fourth-order valence-electron chi connectivity index (χ4n) is 2.06. The van der Waals surface area contributed by atoms with Crippen LogP contribution in [0.1, 0.15) is 13.8 Å². The molecule has 116 valence electrons. The highest BCUT2D eigenvalue weighted by atomic mass is 32.2. The maximum absolute atomic E-state index is 12.4. The highest BCUT2D eigenvalue weighted by molar-refractivity contribution is 7.89. The van der Waals surface area contributed by atoms with Gasteiger partial charge in [0.15, 0.2) is 6.10 Å². The Hall–Kier alpha value is -1.64. The largest absolute Gasteiger partial charge is 0.479 e. The number of benzene rings is 1. The molecule has 1 aromatic rings. The van der Waals surface area contributed by atoms with Crippen LogP contribution in [0.3, 0.4) is 0 Å². The number of nitrogens with one attached hydrogen (secondary N) is 1. The van der Waals surface area contributed by atoms with Gasteiger partial charge in [-0.05, 0) is 25.1 Å². The van der Waals surface area contributed by atoms with Gasteiger partial charge in [0.2, 0.25) is 10.0 Å². The number of carbonyl (C=O) groups excluding carboxylic acids is 1. The summed E-state index contributed by atoms with van der Waals surface area (Å²) in [5.74, 6) is 0.117. The minimum atomic E-state index is -3.71. The molecule has 0 saturated carbocycles. The van der Waals surface area contributed by atoms with Crippen molar-refractivity contribution in [3.05, 3.63) is 18.2 Å². The van der Waals surface area contributed by atoms with Crippen LogP contribution < -0.4 is 10.1 Å². The number of fused-ring (bicyclic) bond motifs is 1. The zero-order valence-electron chi connectivity index (χ0n) is 11.9. The quantitative estimate of drug-likeness (QED) is 0.820. The molecule has 0 aromatic heterocycles. The first-order chi connectivity index (χ1) is 9.90. The van der Waals surface area contributed by atoms with Gasteiger partial charge >= 0.3 is 0 Å². The lowest BCUT2D eigenvalue weighted by Crippen LogP contribution is -2.35. The van der Waals surface area contributed by atoms with Crippen LogP contribution in [0.4, 0.5) is 5.69 Å². The van der Waals surface area contributed by atoms with Crippen molar-refractivity contribution >= 4 is 21.6 Å². The standard InChI is InChI=1S/C13H18N2O5S/c1-3-15(6-7-16)21(18,19)10-4-5-12-11(8-10)14-13(17)9(2)20-12/h4-5,8-9,16H,3,6-7H2,1-2H3,(H,14,17). The van der Waals surface area contributed by atoms with E-state index in [1.54, 1.807) is 13.8 Å². The van der Waals surface area contributed by atoms with Crippen LogP contribution >= 0.6 is 0 Å². The fraction of sp³-hybridized carbons (Fsp3) is 0.462. The average molecular weight is 314 g/mol. The van der Waals surface area contributed by atoms with Gasteiger partial charge in [0.1, 0.15) is 5.75 Å². The van der Waals surface area contributed by atoms with E-state index in [-0.39, 0.29) is 30.5 Å². The van der Waals surface area contributed by atoms with E-state index in [0.29, 0.717) is 11.4 Å². The lowest BCUT2D eigenvalue weighted by molar-refractivity contribution is -0.122. The molecule has 1 heterocycles. The van der Waals surface area contributed by atoms with Crippen LogP contribution in [-0.2, 0) is 14.8 Å². The van der Waals surface area contributed by atoms with Crippen molar-refractivity contribution in [3.63, 3.8) is 0 Å². The molecule has 8 heteroatoms. The molecule has 1 aliphatic rings. The molecule has 7 nitrogen and oxygen atoms in total. The van der Waals surface area contributed by atoms with Gasteiger partial charge in [-0.25, -0.2) is 8.42 Å². The van der Waals surface area contributed by atoms with Crippen LogP contribution in [0.2, 0.25) is 0 Å². The predicted molar refractivity (Wildman–Crippen MR) is 76.7 cm³/mol. The molecule has 1 amide bonds. The zero-order valence-corrected chi connectivity index (χ0v) is 12.7. The maximum atomic E-state index is 12.4. The van der Waals surface area contributed by atoms with Gasteiger partial charge in [0.25, 0.3) is 5.91 Å². The molecule has 0 spiro atoms. The Kier molecular flexibility index (Phi) is 4.50. The van der Waals surface area contributed by atoms with Crippen LogP contribution in [0.25, 0.3) is 0 Å². The minimum absolute atomic E-state index is 0.0236. The third-order valence-electron chi connectivity index (χ3n) is 3.22. The topological polar surface area (TPSA) is 95.9 Å². The minimum Gasteiger partial charge on any atom is -0.479 e. The van der Waals surface area contributed by atoms with E-state index in [0.717, 1.165) is 0 Å². The molecular formula is C13H18N2O5S. The highest BCUT2D eigenvalue weighted by Crippen LogP contribution is 2.32. The molecule has 2 N–H and O–H groups in total. The van der Waals surface area contributed by atoms with Gasteiger partial charge in [-0.3, -0.25) is 4.79 Å². The molecule has 1 aromatic carbocycles. The van der Waals surface area contributed by atoms with E-state index in [9.17, 15) is 13.2 Å². The lowest BCUT2D eigenvalue weighted by Gasteiger charge is -2.25. The van der Waals surface area contributed by atoms with E-state index >= 15 is 0 Å². The number of sulfonamides is 1. The van der Waals surface area contributed by atoms with Crippen molar-refractivity contribution in [2.75, 3.05) is 25.0 Å². The van der Waals surface area contributed by atoms with Crippen molar-refractivity contribution in [3.8, 4) is 5.75 Å². The SMILES string of the molecule is CCN(CCO)S(=O)(=O)c1ccc2c(c1)NC(=O)C(C)O2. The van der Waals surface area contributed by atoms with E-state index < -0.39 is 16.1 Å². The summed E-state index contributed by atoms with van der Waals surface area (Å²) in [6.07, 6.45) is -0.610. The first kappa shape index (κ1) is 15.7. The van der Waals surface area contributed by atoms with E-state index in [1.807, 2.05) is 0 Å². The van der Waals surface area contributed by atoms with Gasteiger partial charge in [-0.2, -0.15) is 4.31 Å². The first-order valence-electron chi connectivity index (χ1n) is 6.62. The van der Waals surface area contributed by atoms with E-state index in [2.05, 4.69) is 5.32 Å². The van der Waals surface area contributed by atoms with E-state index in [4.69, 9.17) is 9.84 Å². The second-order valence-electron chi connectivity index (χ2n) is 4.63. The summed E-state index contributed by atoms with van der Waals surface area (Å²) in [6, 6.07) is 4.32. The van der Waals surface area contributed by atoms with Crippen LogP contribution in [0, 0.1) is 0 Å². The molecule has 0 radical (unpaired) electrons. The number of hydrogen-bond acceptors (Lipinski definition) is 5. The number of hydrogen-bond donors (Lipinski definition) is 2. The number of rotatable bonds is 5. The summed E-state index contributed by atoms with van der Waals surface area (Å²) in [5, 5.41) is 11.6. The second-order valence-corrected chi connectivity index (χ2v) is 6.57. The molecule has 0 bridgehead atoms. The fourth-order valence-corrected chi connectivity index (χ4v) is 3.52. The molecule has 2 rings (SSSR count). The highest BCUT2D eigenvalue weighted by Gasteiger charge is 2.27. The zero-order chi connectivity index (χ0) is 15.6. The lowest BCUT2D eigenvalue weighted by atomic mass is 10.2. The second kappa shape index (κ2) is 6.00. The number of nitrogens with zero attached hydrogens (tertiary/aromatic N) is 1. The number of amides is 1. The van der Waals surface area contributed by atoms with Gasteiger partial charge in [-0.15, -0.1) is 0 Å². The third-order valence-corrected chi connectivity index (χ3v) is 5.19. The number of aliphatic hydroxyl groups is 1. The Morgan fingerprint density at radius 1 is 1.43 bits per heavy atom. The molecular weight excluding hydrogens is 296 g/mol. The molecule has 1 atom stereocenters. The van der Waals surface area contributed by atoms with Crippen LogP contribution in [0.5, 0.6) is 5.75 Å². The summed E-state index contributed by atoms with van der Waals surface area (Å²) >= 11 is 0. The van der Waals surface area contributed by atoms with Crippen molar-refractivity contribution in [1.29, 1.82) is 0 Å². The van der Waals surface area contributed by atoms with Crippen LogP contribution in [-0.4, -0.2) is 49.5 Å². The van der Waals surface area contributed by atoms with Gasteiger partial charge in [0.05, 0.1) is 17.2 Å². The molecule has 21 heavy (non-hydrogen) atoms. The van der Waals surface area contributed by atoms with Crippen molar-refractivity contribution in [1.82, 2.24) is 4.31 Å². The Morgan fingerprint density at radius 3 is 2.76 bits per heavy atom. The van der Waals surface area contributed by atoms with E-state index in [1.165, 1.54) is 22.5 Å². The number of aliphatic hydroxyl groups excluding tert-OH is 1. The van der Waals surface area contributed by atoms with Crippen molar-refractivity contribution in [2.45, 2.75) is 24.8 Å². The van der Waals surface area contributed by atoms with Crippen molar-refractivity contribution < 1.29 is 23.1 Å². The molecule has 0 fully saturated rings. The monoisotopic (exact) mass is 314 g/mol. The van der Waals surface area contributed by atoms with Gasteiger partial charge in [0, 0.05) is 13.1 Å². The predicted octanol–water partition coefficient (Wildman–Crippen LogP) is 0.409. The summed E-state index contributed by atoms with van der Waals surface area (Å²) in [5.41, 5.74) is 0.333. The van der Waals surface area contributed by atoms with Gasteiger partial charge < -0.3 is 15.2 Å². The Balaban J connectivity index is 2.38. The maximum Gasteiger partial charge on any atom is 0.265 e. The smallest absolute Gasteiger partial charge is 0.265 e. The first-order valence-corrected chi connectivity index (χ1v) is 8.06. The Labute approximate surface area is 123 Å². The summed E-state index contributed by atoms with van der Waals surface area (Å²) in [4.78, 5) is 11.6. The van der Waals surface area contributed by atoms with Crippen molar-refractivity contribution in [2.24, 2.45) is 0 Å².